The Morgan fingerprint density at radius 3 is 2.65 bits per heavy atom. The van der Waals surface area contributed by atoms with Gasteiger partial charge in [-0.15, -0.1) is 11.3 Å². The van der Waals surface area contributed by atoms with Crippen LogP contribution in [0.15, 0.2) is 0 Å². The maximum atomic E-state index is 5.73. The summed E-state index contributed by atoms with van der Waals surface area (Å²) in [5, 5.41) is 1.19. The van der Waals surface area contributed by atoms with Crippen LogP contribution in [-0.2, 0) is 6.54 Å². The fraction of sp³-hybridized carbons (Fsp3) is 0.769. The molecule has 1 aromatic rings. The van der Waals surface area contributed by atoms with Crippen molar-refractivity contribution in [3.05, 3.63) is 10.6 Å². The summed E-state index contributed by atoms with van der Waals surface area (Å²) in [6.45, 7) is 8.38. The van der Waals surface area contributed by atoms with E-state index >= 15 is 0 Å². The molecule has 1 saturated carbocycles. The van der Waals surface area contributed by atoms with E-state index in [1.54, 1.807) is 11.3 Å². The van der Waals surface area contributed by atoms with E-state index in [0.29, 0.717) is 6.54 Å². The molecule has 0 atom stereocenters. The number of anilines is 1. The van der Waals surface area contributed by atoms with Crippen molar-refractivity contribution < 1.29 is 0 Å². The van der Waals surface area contributed by atoms with Crippen LogP contribution in [0.5, 0.6) is 0 Å². The van der Waals surface area contributed by atoms with Crippen molar-refractivity contribution in [2.75, 3.05) is 11.4 Å². The van der Waals surface area contributed by atoms with Crippen molar-refractivity contribution in [3.63, 3.8) is 0 Å². The molecule has 0 spiro atoms. The van der Waals surface area contributed by atoms with Gasteiger partial charge in [0.25, 0.3) is 0 Å². The van der Waals surface area contributed by atoms with E-state index < -0.39 is 0 Å². The van der Waals surface area contributed by atoms with Gasteiger partial charge < -0.3 is 10.6 Å². The third-order valence-electron chi connectivity index (χ3n) is 3.25. The Morgan fingerprint density at radius 2 is 2.18 bits per heavy atom. The topological polar surface area (TPSA) is 42.2 Å². The van der Waals surface area contributed by atoms with Gasteiger partial charge in [0, 0.05) is 24.0 Å². The second kappa shape index (κ2) is 5.36. The van der Waals surface area contributed by atoms with Gasteiger partial charge in [-0.05, 0) is 32.1 Å². The molecule has 3 nitrogen and oxygen atoms in total. The molecule has 0 unspecified atom stereocenters. The minimum atomic E-state index is 0.617. The second-order valence-corrected chi connectivity index (χ2v) is 6.38. The molecular formula is C13H23N3S. The Balaban J connectivity index is 2.08. The molecule has 0 bridgehead atoms. The molecule has 2 rings (SSSR count). The Labute approximate surface area is 108 Å². The smallest absolute Gasteiger partial charge is 0.186 e. The van der Waals surface area contributed by atoms with Crippen LogP contribution in [-0.4, -0.2) is 17.6 Å². The zero-order valence-electron chi connectivity index (χ0n) is 11.1. The normalized spacial score (nSPS) is 15.6. The zero-order chi connectivity index (χ0) is 12.4. The lowest BCUT2D eigenvalue weighted by Crippen LogP contribution is -2.27. The fourth-order valence-electron chi connectivity index (χ4n) is 1.94. The quantitative estimate of drug-likeness (QED) is 0.847. The summed E-state index contributed by atoms with van der Waals surface area (Å²) < 4.78 is 0. The lowest BCUT2D eigenvalue weighted by Gasteiger charge is -2.22. The molecule has 0 amide bonds. The molecule has 2 N–H and O–H groups in total. The molecule has 1 aliphatic rings. The molecule has 0 radical (unpaired) electrons. The predicted molar refractivity (Wildman–Crippen MR) is 74.6 cm³/mol. The molecule has 17 heavy (non-hydrogen) atoms. The minimum Gasteiger partial charge on any atom is -0.345 e. The van der Waals surface area contributed by atoms with E-state index in [0.717, 1.165) is 24.2 Å². The number of rotatable bonds is 6. The SMILES string of the molecule is Cc1nc(N(CCC(C)C)C2CC2)sc1CN. The van der Waals surface area contributed by atoms with E-state index in [1.807, 2.05) is 0 Å². The summed E-state index contributed by atoms with van der Waals surface area (Å²) in [6, 6.07) is 0.741. The van der Waals surface area contributed by atoms with Gasteiger partial charge in [0.15, 0.2) is 5.13 Å². The molecule has 4 heteroatoms. The van der Waals surface area contributed by atoms with Crippen molar-refractivity contribution in [2.24, 2.45) is 11.7 Å². The molecule has 1 aliphatic carbocycles. The van der Waals surface area contributed by atoms with Crippen LogP contribution in [0.4, 0.5) is 5.13 Å². The fourth-order valence-corrected chi connectivity index (χ4v) is 2.98. The van der Waals surface area contributed by atoms with Gasteiger partial charge in [0.2, 0.25) is 0 Å². The Kier molecular flexibility index (Phi) is 4.05. The molecule has 0 aromatic carbocycles. The van der Waals surface area contributed by atoms with Gasteiger partial charge in [-0.3, -0.25) is 0 Å². The number of hydrogen-bond donors (Lipinski definition) is 1. The van der Waals surface area contributed by atoms with E-state index in [4.69, 9.17) is 5.73 Å². The van der Waals surface area contributed by atoms with Crippen LogP contribution >= 0.6 is 11.3 Å². The minimum absolute atomic E-state index is 0.617. The molecular weight excluding hydrogens is 230 g/mol. The number of nitrogens with zero attached hydrogens (tertiary/aromatic N) is 2. The van der Waals surface area contributed by atoms with Crippen LogP contribution in [0.2, 0.25) is 0 Å². The third-order valence-corrected chi connectivity index (χ3v) is 4.46. The molecule has 1 fully saturated rings. The van der Waals surface area contributed by atoms with E-state index in [1.165, 1.54) is 29.3 Å². The molecule has 1 aromatic heterocycles. The highest BCUT2D eigenvalue weighted by Crippen LogP contribution is 2.35. The number of hydrogen-bond acceptors (Lipinski definition) is 4. The summed E-state index contributed by atoms with van der Waals surface area (Å²) in [7, 11) is 0. The third kappa shape index (κ3) is 3.19. The summed E-state index contributed by atoms with van der Waals surface area (Å²) in [5.74, 6) is 0.756. The lowest BCUT2D eigenvalue weighted by atomic mass is 10.1. The largest absolute Gasteiger partial charge is 0.345 e. The Bertz CT molecular complexity index is 369. The average molecular weight is 253 g/mol. The summed E-state index contributed by atoms with van der Waals surface area (Å²) in [6.07, 6.45) is 3.90. The first-order valence-electron chi connectivity index (χ1n) is 6.54. The van der Waals surface area contributed by atoms with Crippen molar-refractivity contribution >= 4 is 16.5 Å². The van der Waals surface area contributed by atoms with Crippen LogP contribution in [0.3, 0.4) is 0 Å². The number of aromatic nitrogens is 1. The van der Waals surface area contributed by atoms with Gasteiger partial charge in [0.1, 0.15) is 0 Å². The molecule has 96 valence electrons. The first kappa shape index (κ1) is 12.8. The lowest BCUT2D eigenvalue weighted by molar-refractivity contribution is 0.570. The molecule has 1 heterocycles. The van der Waals surface area contributed by atoms with Crippen molar-refractivity contribution in [1.29, 1.82) is 0 Å². The number of aryl methyl sites for hydroxylation is 1. The van der Waals surface area contributed by atoms with Crippen LogP contribution < -0.4 is 10.6 Å². The standard InChI is InChI=1S/C13H23N3S/c1-9(2)6-7-16(11-4-5-11)13-15-10(3)12(8-14)17-13/h9,11H,4-8,14H2,1-3H3. The van der Waals surface area contributed by atoms with Crippen molar-refractivity contribution in [3.8, 4) is 0 Å². The van der Waals surface area contributed by atoms with Crippen LogP contribution in [0, 0.1) is 12.8 Å². The van der Waals surface area contributed by atoms with Gasteiger partial charge in [-0.2, -0.15) is 0 Å². The highest BCUT2D eigenvalue weighted by atomic mass is 32.1. The first-order valence-corrected chi connectivity index (χ1v) is 7.36. The monoisotopic (exact) mass is 253 g/mol. The van der Waals surface area contributed by atoms with Crippen molar-refractivity contribution in [1.82, 2.24) is 4.98 Å². The van der Waals surface area contributed by atoms with E-state index in [-0.39, 0.29) is 0 Å². The number of nitrogens with two attached hydrogens (primary N) is 1. The van der Waals surface area contributed by atoms with Gasteiger partial charge in [-0.1, -0.05) is 13.8 Å². The predicted octanol–water partition coefficient (Wildman–Crippen LogP) is 2.93. The van der Waals surface area contributed by atoms with Gasteiger partial charge >= 0.3 is 0 Å². The second-order valence-electron chi connectivity index (χ2n) is 5.32. The Hall–Kier alpha value is -0.610. The van der Waals surface area contributed by atoms with Crippen molar-refractivity contribution in [2.45, 2.75) is 52.6 Å². The molecule has 0 saturated heterocycles. The number of thiazole rings is 1. The molecule has 0 aliphatic heterocycles. The van der Waals surface area contributed by atoms with Gasteiger partial charge in [-0.25, -0.2) is 4.98 Å². The maximum absolute atomic E-state index is 5.73. The Morgan fingerprint density at radius 1 is 1.47 bits per heavy atom. The highest BCUT2D eigenvalue weighted by Gasteiger charge is 2.31. The first-order chi connectivity index (χ1) is 8.11. The maximum Gasteiger partial charge on any atom is 0.186 e. The van der Waals surface area contributed by atoms with Crippen LogP contribution in [0.1, 0.15) is 43.7 Å². The summed E-state index contributed by atoms with van der Waals surface area (Å²) in [4.78, 5) is 8.41. The van der Waals surface area contributed by atoms with Crippen LogP contribution in [0.25, 0.3) is 0 Å². The average Bonchev–Trinajstić information content (AvgIpc) is 3.03. The highest BCUT2D eigenvalue weighted by molar-refractivity contribution is 7.15. The zero-order valence-corrected chi connectivity index (χ0v) is 11.9. The van der Waals surface area contributed by atoms with Gasteiger partial charge in [0.05, 0.1) is 5.69 Å². The van der Waals surface area contributed by atoms with E-state index in [2.05, 4.69) is 30.7 Å². The summed E-state index contributed by atoms with van der Waals surface area (Å²) >= 11 is 1.78. The summed E-state index contributed by atoms with van der Waals surface area (Å²) in [5.41, 5.74) is 6.84. The van der Waals surface area contributed by atoms with E-state index in [9.17, 15) is 0 Å².